The fraction of sp³-hybridized carbons (Fsp3) is 0.421. The SMILES string of the molecule is Cc1cccn2c(CNC(=O)C3CC(=O)N(c4nnc(C(C)C)s4)C3)cnc12. The average molecular weight is 398 g/mol. The topological polar surface area (TPSA) is 92.5 Å². The number of carbonyl (C=O) groups excluding carboxylic acids is 2. The van der Waals surface area contributed by atoms with Gasteiger partial charge < -0.3 is 9.72 Å². The molecule has 9 heteroatoms. The van der Waals surface area contributed by atoms with Gasteiger partial charge in [-0.25, -0.2) is 4.98 Å². The van der Waals surface area contributed by atoms with Crippen LogP contribution in [0.4, 0.5) is 5.13 Å². The van der Waals surface area contributed by atoms with E-state index in [-0.39, 0.29) is 30.1 Å². The van der Waals surface area contributed by atoms with E-state index in [4.69, 9.17) is 0 Å². The van der Waals surface area contributed by atoms with Crippen LogP contribution in [-0.2, 0) is 16.1 Å². The summed E-state index contributed by atoms with van der Waals surface area (Å²) in [4.78, 5) is 31.0. The maximum Gasteiger partial charge on any atom is 0.229 e. The van der Waals surface area contributed by atoms with Crippen molar-refractivity contribution in [3.63, 3.8) is 0 Å². The molecule has 0 saturated carbocycles. The molecule has 0 bridgehead atoms. The zero-order valence-corrected chi connectivity index (χ0v) is 16.9. The third-order valence-electron chi connectivity index (χ3n) is 4.90. The Morgan fingerprint density at radius 2 is 2.21 bits per heavy atom. The van der Waals surface area contributed by atoms with Crippen molar-refractivity contribution in [2.75, 3.05) is 11.4 Å². The lowest BCUT2D eigenvalue weighted by molar-refractivity contribution is -0.126. The van der Waals surface area contributed by atoms with E-state index < -0.39 is 0 Å². The Morgan fingerprint density at radius 1 is 1.39 bits per heavy atom. The Kier molecular flexibility index (Phi) is 4.84. The molecule has 0 radical (unpaired) electrons. The Balaban J connectivity index is 1.41. The molecule has 4 heterocycles. The van der Waals surface area contributed by atoms with Crippen LogP contribution in [0, 0.1) is 12.8 Å². The molecule has 3 aromatic heterocycles. The zero-order chi connectivity index (χ0) is 19.8. The first-order chi connectivity index (χ1) is 13.4. The minimum atomic E-state index is -0.389. The fourth-order valence-corrected chi connectivity index (χ4v) is 4.16. The lowest BCUT2D eigenvalue weighted by atomic mass is 10.1. The molecular formula is C19H22N6O2S. The minimum Gasteiger partial charge on any atom is -0.350 e. The molecule has 8 nitrogen and oxygen atoms in total. The maximum absolute atomic E-state index is 12.6. The number of anilines is 1. The van der Waals surface area contributed by atoms with Crippen LogP contribution in [0.15, 0.2) is 24.5 Å². The zero-order valence-electron chi connectivity index (χ0n) is 16.0. The standard InChI is InChI=1S/C19H22N6O2S/c1-11(2)18-22-23-19(28-18)25-10-13(7-15(25)26)17(27)21-9-14-8-20-16-12(3)5-4-6-24(14)16/h4-6,8,11,13H,7,9-10H2,1-3H3,(H,21,27). The molecule has 0 aliphatic carbocycles. The molecule has 0 aromatic carbocycles. The van der Waals surface area contributed by atoms with Crippen LogP contribution in [0.3, 0.4) is 0 Å². The highest BCUT2D eigenvalue weighted by Gasteiger charge is 2.36. The molecule has 2 amide bonds. The Hall–Kier alpha value is -2.81. The number of amides is 2. The monoisotopic (exact) mass is 398 g/mol. The predicted molar refractivity (Wildman–Crippen MR) is 106 cm³/mol. The first-order valence-corrected chi connectivity index (χ1v) is 10.1. The van der Waals surface area contributed by atoms with Gasteiger partial charge in [-0.05, 0) is 18.6 Å². The van der Waals surface area contributed by atoms with Crippen molar-refractivity contribution in [1.29, 1.82) is 0 Å². The fourth-order valence-electron chi connectivity index (χ4n) is 3.29. The number of imidazole rings is 1. The molecule has 0 spiro atoms. The number of carbonyl (C=O) groups is 2. The molecule has 28 heavy (non-hydrogen) atoms. The number of rotatable bonds is 5. The lowest BCUT2D eigenvalue weighted by Gasteiger charge is -2.12. The van der Waals surface area contributed by atoms with Gasteiger partial charge in [-0.1, -0.05) is 31.3 Å². The van der Waals surface area contributed by atoms with Crippen molar-refractivity contribution < 1.29 is 9.59 Å². The van der Waals surface area contributed by atoms with Crippen LogP contribution >= 0.6 is 11.3 Å². The summed E-state index contributed by atoms with van der Waals surface area (Å²) in [5.74, 6) is -0.346. The van der Waals surface area contributed by atoms with E-state index in [2.05, 4.69) is 20.5 Å². The molecule has 1 N–H and O–H groups in total. The van der Waals surface area contributed by atoms with Crippen molar-refractivity contribution in [3.8, 4) is 0 Å². The van der Waals surface area contributed by atoms with Crippen molar-refractivity contribution >= 4 is 33.9 Å². The first-order valence-electron chi connectivity index (χ1n) is 9.27. The second-order valence-electron chi connectivity index (χ2n) is 7.34. The smallest absolute Gasteiger partial charge is 0.229 e. The van der Waals surface area contributed by atoms with Crippen LogP contribution in [0.25, 0.3) is 5.65 Å². The van der Waals surface area contributed by atoms with Crippen LogP contribution < -0.4 is 10.2 Å². The summed E-state index contributed by atoms with van der Waals surface area (Å²) in [6.07, 6.45) is 3.89. The number of aryl methyl sites for hydroxylation is 1. The molecule has 1 aliphatic rings. The van der Waals surface area contributed by atoms with Gasteiger partial charge in [0.05, 0.1) is 24.4 Å². The molecule has 1 aliphatic heterocycles. The van der Waals surface area contributed by atoms with Crippen molar-refractivity contribution in [1.82, 2.24) is 24.9 Å². The van der Waals surface area contributed by atoms with E-state index in [0.29, 0.717) is 18.2 Å². The Bertz CT molecular complexity index is 1040. The summed E-state index contributed by atoms with van der Waals surface area (Å²) in [6, 6.07) is 3.96. The lowest BCUT2D eigenvalue weighted by Crippen LogP contribution is -2.32. The summed E-state index contributed by atoms with van der Waals surface area (Å²) in [7, 11) is 0. The average Bonchev–Trinajstić information content (AvgIpc) is 3.38. The number of fused-ring (bicyclic) bond motifs is 1. The number of pyridine rings is 1. The van der Waals surface area contributed by atoms with Gasteiger partial charge >= 0.3 is 0 Å². The van der Waals surface area contributed by atoms with Gasteiger partial charge in [0, 0.05) is 25.1 Å². The first kappa shape index (κ1) is 18.5. The quantitative estimate of drug-likeness (QED) is 0.712. The number of nitrogens with zero attached hydrogens (tertiary/aromatic N) is 5. The highest BCUT2D eigenvalue weighted by atomic mass is 32.1. The number of nitrogens with one attached hydrogen (secondary N) is 1. The largest absolute Gasteiger partial charge is 0.350 e. The van der Waals surface area contributed by atoms with E-state index >= 15 is 0 Å². The van der Waals surface area contributed by atoms with Crippen LogP contribution in [0.5, 0.6) is 0 Å². The van der Waals surface area contributed by atoms with Crippen LogP contribution in [0.2, 0.25) is 0 Å². The van der Waals surface area contributed by atoms with Gasteiger partial charge in [0.15, 0.2) is 0 Å². The molecule has 146 valence electrons. The van der Waals surface area contributed by atoms with Gasteiger partial charge in [0.25, 0.3) is 0 Å². The van der Waals surface area contributed by atoms with Gasteiger partial charge in [-0.2, -0.15) is 0 Å². The number of hydrogen-bond acceptors (Lipinski definition) is 6. The van der Waals surface area contributed by atoms with Crippen LogP contribution in [-0.4, -0.2) is 37.9 Å². The normalized spacial score (nSPS) is 17.1. The summed E-state index contributed by atoms with van der Waals surface area (Å²) in [6.45, 7) is 6.78. The molecule has 4 rings (SSSR count). The number of aromatic nitrogens is 4. The Morgan fingerprint density at radius 3 is 2.96 bits per heavy atom. The molecule has 3 aromatic rings. The highest BCUT2D eigenvalue weighted by molar-refractivity contribution is 7.15. The second kappa shape index (κ2) is 7.31. The van der Waals surface area contributed by atoms with E-state index in [1.165, 1.54) is 11.3 Å². The number of hydrogen-bond donors (Lipinski definition) is 1. The highest BCUT2D eigenvalue weighted by Crippen LogP contribution is 2.30. The molecule has 1 fully saturated rings. The summed E-state index contributed by atoms with van der Waals surface area (Å²) in [5, 5.41) is 12.7. The Labute approximate surface area is 166 Å². The molecular weight excluding hydrogens is 376 g/mol. The molecule has 1 saturated heterocycles. The van der Waals surface area contributed by atoms with Gasteiger partial charge in [0.2, 0.25) is 16.9 Å². The third kappa shape index (κ3) is 3.37. The van der Waals surface area contributed by atoms with Gasteiger partial charge in [-0.15, -0.1) is 10.2 Å². The molecule has 1 atom stereocenters. The van der Waals surface area contributed by atoms with E-state index in [0.717, 1.165) is 21.9 Å². The van der Waals surface area contributed by atoms with Gasteiger partial charge in [0.1, 0.15) is 10.7 Å². The summed E-state index contributed by atoms with van der Waals surface area (Å²) >= 11 is 1.41. The van der Waals surface area contributed by atoms with E-state index in [1.807, 2.05) is 43.5 Å². The van der Waals surface area contributed by atoms with E-state index in [9.17, 15) is 9.59 Å². The van der Waals surface area contributed by atoms with Crippen molar-refractivity contribution in [2.45, 2.75) is 39.7 Å². The maximum atomic E-state index is 12.6. The van der Waals surface area contributed by atoms with Crippen molar-refractivity contribution in [3.05, 3.63) is 40.8 Å². The van der Waals surface area contributed by atoms with Crippen LogP contribution in [0.1, 0.15) is 42.5 Å². The minimum absolute atomic E-state index is 0.0861. The van der Waals surface area contributed by atoms with Crippen molar-refractivity contribution in [2.24, 2.45) is 5.92 Å². The summed E-state index contributed by atoms with van der Waals surface area (Å²) in [5.41, 5.74) is 2.86. The molecule has 1 unspecified atom stereocenters. The third-order valence-corrected chi connectivity index (χ3v) is 6.15. The second-order valence-corrected chi connectivity index (χ2v) is 8.32. The predicted octanol–water partition coefficient (Wildman–Crippen LogP) is 2.29. The summed E-state index contributed by atoms with van der Waals surface area (Å²) < 4.78 is 1.97. The van der Waals surface area contributed by atoms with E-state index in [1.54, 1.807) is 11.1 Å². The van der Waals surface area contributed by atoms with Gasteiger partial charge in [-0.3, -0.25) is 14.5 Å².